The topological polar surface area (TPSA) is 237 Å². The molecule has 0 radical (unpaired) electrons. The fourth-order valence-electron chi connectivity index (χ4n) is 13.7. The summed E-state index contributed by atoms with van der Waals surface area (Å²) in [4.78, 5) is 73.1. The summed E-state index contributed by atoms with van der Waals surface area (Å²) in [5.41, 5.74) is 0. The molecule has 0 aliphatic rings. The van der Waals surface area contributed by atoms with E-state index in [1.54, 1.807) is 0 Å². The normalized spacial score (nSPS) is 14.0. The van der Waals surface area contributed by atoms with Gasteiger partial charge in [0.1, 0.15) is 19.3 Å². The van der Waals surface area contributed by atoms with Gasteiger partial charge in [0, 0.05) is 25.7 Å². The SMILES string of the molecule is CCCCCCCCCCCCCCCCCCCCCCCC(=O)OC[C@H](COP(=O)(O)OC[C@@H](O)COP(=O)(O)OC[C@@H](COC(=O)CCCCCCCCC)OC(=O)CCCCCCCCCCCCCCCCC(C)CC)OC(=O)CCCCCCCCCCCCCCCCCCCCC(C)C. The first-order valence-corrected chi connectivity index (χ1v) is 48.5. The average Bonchev–Trinajstić information content (AvgIpc) is 0.901. The zero-order chi connectivity index (χ0) is 78.5. The summed E-state index contributed by atoms with van der Waals surface area (Å²) in [5.74, 6) is -0.439. The number of hydrogen-bond donors (Lipinski definition) is 3. The Balaban J connectivity index is 5.15. The summed E-state index contributed by atoms with van der Waals surface area (Å²) < 4.78 is 68.8. The number of carbonyl (C=O) groups excluding carboxylic acids is 4. The van der Waals surface area contributed by atoms with Crippen LogP contribution in [0.15, 0.2) is 0 Å². The fourth-order valence-corrected chi connectivity index (χ4v) is 15.3. The van der Waals surface area contributed by atoms with Gasteiger partial charge >= 0.3 is 39.5 Å². The number of phosphoric acid groups is 2. The number of aliphatic hydroxyl groups is 1. The van der Waals surface area contributed by atoms with Crippen LogP contribution in [0.2, 0.25) is 0 Å². The number of hydrogen-bond acceptors (Lipinski definition) is 15. The van der Waals surface area contributed by atoms with Crippen LogP contribution in [0.1, 0.15) is 472 Å². The second-order valence-electron chi connectivity index (χ2n) is 32.4. The third-order valence-corrected chi connectivity index (χ3v) is 23.0. The summed E-state index contributed by atoms with van der Waals surface area (Å²) in [6.07, 6.45) is 72.5. The van der Waals surface area contributed by atoms with Crippen molar-refractivity contribution in [2.24, 2.45) is 11.8 Å². The summed E-state index contributed by atoms with van der Waals surface area (Å²) in [6.45, 7) is 9.72. The quantitative estimate of drug-likeness (QED) is 0.0222. The van der Waals surface area contributed by atoms with Crippen LogP contribution >= 0.6 is 15.6 Å². The largest absolute Gasteiger partial charge is 0.472 e. The molecule has 3 N–H and O–H groups in total. The van der Waals surface area contributed by atoms with Crippen LogP contribution in [-0.4, -0.2) is 96.7 Å². The minimum atomic E-state index is -4.97. The van der Waals surface area contributed by atoms with E-state index < -0.39 is 97.5 Å². The van der Waals surface area contributed by atoms with Gasteiger partial charge in [0.05, 0.1) is 26.4 Å². The summed E-state index contributed by atoms with van der Waals surface area (Å²) >= 11 is 0. The highest BCUT2D eigenvalue weighted by Gasteiger charge is 2.31. The summed E-state index contributed by atoms with van der Waals surface area (Å²) in [7, 11) is -9.92. The minimum absolute atomic E-state index is 0.108. The molecule has 19 heteroatoms. The Bertz CT molecular complexity index is 2050. The van der Waals surface area contributed by atoms with E-state index in [4.69, 9.17) is 37.0 Å². The van der Waals surface area contributed by atoms with Crippen molar-refractivity contribution in [1.82, 2.24) is 0 Å². The monoisotopic (exact) mass is 1560 g/mol. The van der Waals surface area contributed by atoms with Crippen LogP contribution in [0.3, 0.4) is 0 Å². The number of phosphoric ester groups is 2. The summed E-state index contributed by atoms with van der Waals surface area (Å²) in [5, 5.41) is 10.7. The molecule has 636 valence electrons. The van der Waals surface area contributed by atoms with Crippen molar-refractivity contribution in [3.63, 3.8) is 0 Å². The predicted molar refractivity (Wildman–Crippen MR) is 442 cm³/mol. The van der Waals surface area contributed by atoms with Crippen LogP contribution in [-0.2, 0) is 65.4 Å². The van der Waals surface area contributed by atoms with Gasteiger partial charge < -0.3 is 33.8 Å². The number of unbranched alkanes of at least 4 members (excludes halogenated alkanes) is 56. The van der Waals surface area contributed by atoms with Gasteiger partial charge in [-0.2, -0.15) is 0 Å². The van der Waals surface area contributed by atoms with Crippen molar-refractivity contribution in [2.75, 3.05) is 39.6 Å². The van der Waals surface area contributed by atoms with E-state index in [1.807, 2.05) is 0 Å². The molecule has 0 aromatic heterocycles. The molecule has 0 aliphatic heterocycles. The molecule has 0 amide bonds. The molecular formula is C88H172O17P2. The van der Waals surface area contributed by atoms with E-state index in [0.717, 1.165) is 115 Å². The number of aliphatic hydroxyl groups excluding tert-OH is 1. The number of ether oxygens (including phenoxy) is 4. The van der Waals surface area contributed by atoms with Crippen LogP contribution in [0.4, 0.5) is 0 Å². The lowest BCUT2D eigenvalue weighted by atomic mass is 9.99. The third-order valence-electron chi connectivity index (χ3n) is 21.1. The summed E-state index contributed by atoms with van der Waals surface area (Å²) in [6, 6.07) is 0. The molecule has 0 aliphatic carbocycles. The molecular weight excluding hydrogens is 1390 g/mol. The Labute approximate surface area is 658 Å². The van der Waals surface area contributed by atoms with Gasteiger partial charge in [0.15, 0.2) is 12.2 Å². The molecule has 0 saturated heterocycles. The van der Waals surface area contributed by atoms with Gasteiger partial charge in [-0.1, -0.05) is 420 Å². The van der Waals surface area contributed by atoms with E-state index in [9.17, 15) is 43.2 Å². The fraction of sp³-hybridized carbons (Fsp3) is 0.955. The van der Waals surface area contributed by atoms with Crippen molar-refractivity contribution >= 4 is 39.5 Å². The van der Waals surface area contributed by atoms with E-state index in [-0.39, 0.29) is 25.7 Å². The van der Waals surface area contributed by atoms with Gasteiger partial charge in [-0.15, -0.1) is 0 Å². The first-order chi connectivity index (χ1) is 51.9. The van der Waals surface area contributed by atoms with Gasteiger partial charge in [-0.05, 0) is 37.5 Å². The van der Waals surface area contributed by atoms with Crippen LogP contribution < -0.4 is 0 Å². The van der Waals surface area contributed by atoms with Crippen molar-refractivity contribution in [2.45, 2.75) is 490 Å². The van der Waals surface area contributed by atoms with Gasteiger partial charge in [0.2, 0.25) is 0 Å². The standard InChI is InChI=1S/C88H172O17P2/c1-7-10-12-14-16-17-18-19-20-21-22-23-24-28-31-37-42-47-53-59-65-71-86(91)99-77-84(105-88(93)73-66-60-54-48-43-38-32-29-26-25-27-30-35-40-45-51-56-62-68-80(4)5)79-103-107(96,97)101-75-82(89)74-100-106(94,95)102-78-83(76-98-85(90)70-64-58-50-15-13-11-8-2)104-87(92)72-67-61-55-49-44-39-34-33-36-41-46-52-57-63-69-81(6)9-3/h80-84,89H,7-79H2,1-6H3,(H,94,95)(H,96,97)/t81?,82-,83+,84+/m0/s1. The zero-order valence-corrected chi connectivity index (χ0v) is 72.2. The van der Waals surface area contributed by atoms with Gasteiger partial charge in [-0.25, -0.2) is 9.13 Å². The van der Waals surface area contributed by atoms with Crippen LogP contribution in [0.25, 0.3) is 0 Å². The molecule has 0 rings (SSSR count). The molecule has 0 saturated carbocycles. The maximum Gasteiger partial charge on any atom is 0.472 e. The van der Waals surface area contributed by atoms with E-state index in [0.29, 0.717) is 25.7 Å². The highest BCUT2D eigenvalue weighted by Crippen LogP contribution is 2.45. The first kappa shape index (κ1) is 105. The maximum absolute atomic E-state index is 13.1. The van der Waals surface area contributed by atoms with Crippen molar-refractivity contribution in [3.8, 4) is 0 Å². The van der Waals surface area contributed by atoms with Gasteiger partial charge in [-0.3, -0.25) is 37.3 Å². The van der Waals surface area contributed by atoms with Crippen molar-refractivity contribution in [3.05, 3.63) is 0 Å². The van der Waals surface area contributed by atoms with Crippen molar-refractivity contribution in [1.29, 1.82) is 0 Å². The molecule has 3 unspecified atom stereocenters. The zero-order valence-electron chi connectivity index (χ0n) is 70.5. The number of rotatable bonds is 87. The second-order valence-corrected chi connectivity index (χ2v) is 35.3. The highest BCUT2D eigenvalue weighted by atomic mass is 31.2. The maximum atomic E-state index is 13.1. The lowest BCUT2D eigenvalue weighted by molar-refractivity contribution is -0.161. The minimum Gasteiger partial charge on any atom is -0.462 e. The molecule has 6 atom stereocenters. The van der Waals surface area contributed by atoms with E-state index >= 15 is 0 Å². The molecule has 107 heavy (non-hydrogen) atoms. The lowest BCUT2D eigenvalue weighted by Crippen LogP contribution is -2.30. The van der Waals surface area contributed by atoms with Crippen LogP contribution in [0, 0.1) is 11.8 Å². The number of esters is 4. The van der Waals surface area contributed by atoms with E-state index in [2.05, 4.69) is 41.5 Å². The molecule has 0 fully saturated rings. The highest BCUT2D eigenvalue weighted by molar-refractivity contribution is 7.47. The Kier molecular flexibility index (Phi) is 77.9. The Morgan fingerprint density at radius 3 is 0.710 bits per heavy atom. The van der Waals surface area contributed by atoms with Gasteiger partial charge in [0.25, 0.3) is 0 Å². The Morgan fingerprint density at radius 1 is 0.271 bits per heavy atom. The molecule has 0 heterocycles. The molecule has 0 aromatic rings. The molecule has 0 aromatic carbocycles. The molecule has 0 bridgehead atoms. The smallest absolute Gasteiger partial charge is 0.462 e. The van der Waals surface area contributed by atoms with Crippen LogP contribution in [0.5, 0.6) is 0 Å². The predicted octanol–water partition coefficient (Wildman–Crippen LogP) is 27.0. The Hall–Kier alpha value is -1.94. The molecule has 17 nitrogen and oxygen atoms in total. The third kappa shape index (κ3) is 80.5. The number of carbonyl (C=O) groups is 4. The van der Waals surface area contributed by atoms with Crippen molar-refractivity contribution < 1.29 is 80.2 Å². The second kappa shape index (κ2) is 79.3. The first-order valence-electron chi connectivity index (χ1n) is 45.5. The molecule has 0 spiro atoms. The lowest BCUT2D eigenvalue weighted by Gasteiger charge is -2.21. The average molecular weight is 1560 g/mol. The Morgan fingerprint density at radius 2 is 0.477 bits per heavy atom. The van der Waals surface area contributed by atoms with E-state index in [1.165, 1.54) is 276 Å².